The summed E-state index contributed by atoms with van der Waals surface area (Å²) in [6.45, 7) is 5.42. The summed E-state index contributed by atoms with van der Waals surface area (Å²) in [6.07, 6.45) is 9.62. The molecule has 1 saturated carbocycles. The van der Waals surface area contributed by atoms with Crippen LogP contribution in [0.1, 0.15) is 57.3 Å². The number of hydrogen-bond acceptors (Lipinski definition) is 3. The Balaban J connectivity index is 1.81. The van der Waals surface area contributed by atoms with Gasteiger partial charge in [0.25, 0.3) is 0 Å². The maximum atomic E-state index is 9.49. The van der Waals surface area contributed by atoms with Gasteiger partial charge >= 0.3 is 0 Å². The van der Waals surface area contributed by atoms with Crippen LogP contribution < -0.4 is 0 Å². The van der Waals surface area contributed by atoms with Crippen molar-refractivity contribution in [1.82, 2.24) is 14.5 Å². The monoisotopic (exact) mass is 406 g/mol. The summed E-state index contributed by atoms with van der Waals surface area (Å²) in [5.74, 6) is 1.78. The third-order valence-corrected chi connectivity index (χ3v) is 6.60. The van der Waals surface area contributed by atoms with Crippen molar-refractivity contribution in [2.45, 2.75) is 58.9 Å². The molecule has 3 aromatic rings. The standard InChI is InChI=1S/C24H27ClN4/c1-3-16-8-10-17(11-9-16)14-29-15-18(4-2)22-24(29)23(28-21(13-26)27-22)19-6-5-7-20(25)12-19/h5-7,12,15-17H,3-4,8-11,14H2,1-2H3/t16-,17-. The zero-order valence-corrected chi connectivity index (χ0v) is 17.9. The van der Waals surface area contributed by atoms with E-state index in [1.165, 1.54) is 37.7 Å². The Morgan fingerprint density at radius 1 is 1.14 bits per heavy atom. The van der Waals surface area contributed by atoms with Crippen molar-refractivity contribution in [3.63, 3.8) is 0 Å². The molecule has 150 valence electrons. The van der Waals surface area contributed by atoms with Gasteiger partial charge in [0, 0.05) is 23.3 Å². The molecular weight excluding hydrogens is 380 g/mol. The summed E-state index contributed by atoms with van der Waals surface area (Å²) in [5.41, 5.74) is 4.83. The summed E-state index contributed by atoms with van der Waals surface area (Å²) in [4.78, 5) is 9.19. The summed E-state index contributed by atoms with van der Waals surface area (Å²) >= 11 is 6.26. The molecule has 0 spiro atoms. The molecule has 29 heavy (non-hydrogen) atoms. The van der Waals surface area contributed by atoms with Gasteiger partial charge in [-0.15, -0.1) is 0 Å². The van der Waals surface area contributed by atoms with Crippen molar-refractivity contribution >= 4 is 22.6 Å². The van der Waals surface area contributed by atoms with E-state index in [0.29, 0.717) is 10.9 Å². The van der Waals surface area contributed by atoms with E-state index < -0.39 is 0 Å². The molecule has 0 saturated heterocycles. The summed E-state index contributed by atoms with van der Waals surface area (Å²) in [7, 11) is 0. The highest BCUT2D eigenvalue weighted by Gasteiger charge is 2.23. The molecule has 2 heterocycles. The summed E-state index contributed by atoms with van der Waals surface area (Å²) in [6, 6.07) is 9.84. The Kier molecular flexibility index (Phi) is 5.87. The fourth-order valence-corrected chi connectivity index (χ4v) is 4.85. The van der Waals surface area contributed by atoms with Crippen LogP contribution >= 0.6 is 11.6 Å². The number of nitriles is 1. The minimum absolute atomic E-state index is 0.211. The molecule has 1 aromatic carbocycles. The van der Waals surface area contributed by atoms with E-state index in [9.17, 15) is 5.26 Å². The third-order valence-electron chi connectivity index (χ3n) is 6.36. The van der Waals surface area contributed by atoms with Gasteiger partial charge in [0.05, 0.1) is 16.7 Å². The van der Waals surface area contributed by atoms with Crippen molar-refractivity contribution in [3.8, 4) is 17.3 Å². The van der Waals surface area contributed by atoms with Gasteiger partial charge in [-0.3, -0.25) is 0 Å². The second kappa shape index (κ2) is 8.55. The minimum Gasteiger partial charge on any atom is -0.344 e. The lowest BCUT2D eigenvalue weighted by molar-refractivity contribution is 0.249. The van der Waals surface area contributed by atoms with E-state index in [1.54, 1.807) is 0 Å². The Morgan fingerprint density at radius 3 is 2.55 bits per heavy atom. The third kappa shape index (κ3) is 4.02. The van der Waals surface area contributed by atoms with E-state index in [-0.39, 0.29) is 5.82 Å². The zero-order chi connectivity index (χ0) is 20.4. The quantitative estimate of drug-likeness (QED) is 0.492. The smallest absolute Gasteiger partial charge is 0.233 e. The van der Waals surface area contributed by atoms with Crippen LogP contribution in [0.4, 0.5) is 0 Å². The van der Waals surface area contributed by atoms with Crippen molar-refractivity contribution < 1.29 is 0 Å². The first-order valence-electron chi connectivity index (χ1n) is 10.7. The first kappa shape index (κ1) is 19.9. The Labute approximate surface area is 177 Å². The number of aromatic nitrogens is 3. The lowest BCUT2D eigenvalue weighted by Crippen LogP contribution is -2.18. The highest BCUT2D eigenvalue weighted by atomic mass is 35.5. The van der Waals surface area contributed by atoms with Gasteiger partial charge in [-0.05, 0) is 48.8 Å². The van der Waals surface area contributed by atoms with Crippen LogP contribution in [0.15, 0.2) is 30.5 Å². The molecule has 0 amide bonds. The Bertz CT molecular complexity index is 1050. The number of nitrogens with zero attached hydrogens (tertiary/aromatic N) is 4. The first-order chi connectivity index (χ1) is 14.1. The number of fused-ring (bicyclic) bond motifs is 1. The predicted molar refractivity (Wildman–Crippen MR) is 118 cm³/mol. The van der Waals surface area contributed by atoms with Crippen LogP contribution in [0.5, 0.6) is 0 Å². The molecule has 0 aliphatic heterocycles. The normalized spacial score (nSPS) is 19.4. The number of aryl methyl sites for hydroxylation is 1. The molecule has 1 fully saturated rings. The molecule has 0 unspecified atom stereocenters. The number of rotatable bonds is 5. The van der Waals surface area contributed by atoms with Gasteiger partial charge in [-0.1, -0.05) is 56.8 Å². The fraction of sp³-hybridized carbons (Fsp3) is 0.458. The number of benzene rings is 1. The van der Waals surface area contributed by atoms with Crippen molar-refractivity contribution in [3.05, 3.63) is 46.9 Å². The minimum atomic E-state index is 0.211. The maximum Gasteiger partial charge on any atom is 0.233 e. The van der Waals surface area contributed by atoms with Crippen molar-refractivity contribution in [2.24, 2.45) is 11.8 Å². The molecule has 0 atom stereocenters. The Morgan fingerprint density at radius 2 is 1.90 bits per heavy atom. The average molecular weight is 407 g/mol. The van der Waals surface area contributed by atoms with Crippen LogP contribution in [-0.4, -0.2) is 14.5 Å². The second-order valence-corrected chi connectivity index (χ2v) is 8.61. The number of hydrogen-bond donors (Lipinski definition) is 0. The molecule has 0 N–H and O–H groups in total. The molecule has 1 aliphatic rings. The molecule has 5 heteroatoms. The highest BCUT2D eigenvalue weighted by molar-refractivity contribution is 6.30. The highest BCUT2D eigenvalue weighted by Crippen LogP contribution is 2.35. The predicted octanol–water partition coefficient (Wildman–Crippen LogP) is 6.40. The summed E-state index contributed by atoms with van der Waals surface area (Å²) < 4.78 is 2.34. The summed E-state index contributed by atoms with van der Waals surface area (Å²) in [5, 5.41) is 10.2. The number of halogens is 1. The van der Waals surface area contributed by atoms with E-state index in [4.69, 9.17) is 11.6 Å². The van der Waals surface area contributed by atoms with E-state index in [2.05, 4.69) is 40.6 Å². The van der Waals surface area contributed by atoms with Crippen LogP contribution in [0.2, 0.25) is 5.02 Å². The van der Waals surface area contributed by atoms with Gasteiger partial charge in [0.2, 0.25) is 5.82 Å². The van der Waals surface area contributed by atoms with Crippen molar-refractivity contribution in [2.75, 3.05) is 0 Å². The van der Waals surface area contributed by atoms with Gasteiger partial charge in [-0.25, -0.2) is 9.97 Å². The lowest BCUT2D eigenvalue weighted by atomic mass is 9.81. The van der Waals surface area contributed by atoms with E-state index >= 15 is 0 Å². The topological polar surface area (TPSA) is 54.5 Å². The SMILES string of the molecule is CCc1cn(C[C@H]2CC[C@H](CC)CC2)c2c(-c3cccc(Cl)c3)nc(C#N)nc12. The van der Waals surface area contributed by atoms with Gasteiger partial charge < -0.3 is 4.57 Å². The van der Waals surface area contributed by atoms with Gasteiger partial charge in [-0.2, -0.15) is 5.26 Å². The second-order valence-electron chi connectivity index (χ2n) is 8.17. The molecule has 1 aliphatic carbocycles. The molecule has 4 rings (SSSR count). The van der Waals surface area contributed by atoms with Crippen LogP contribution in [0.3, 0.4) is 0 Å². The molecular formula is C24H27ClN4. The molecule has 2 aromatic heterocycles. The largest absolute Gasteiger partial charge is 0.344 e. The van der Waals surface area contributed by atoms with Crippen LogP contribution in [-0.2, 0) is 13.0 Å². The van der Waals surface area contributed by atoms with Crippen LogP contribution in [0.25, 0.3) is 22.3 Å². The van der Waals surface area contributed by atoms with Gasteiger partial charge in [0.1, 0.15) is 6.07 Å². The molecule has 0 bridgehead atoms. The average Bonchev–Trinajstić information content (AvgIpc) is 3.11. The molecule has 0 radical (unpaired) electrons. The Hall–Kier alpha value is -2.38. The van der Waals surface area contributed by atoms with E-state index in [0.717, 1.165) is 41.2 Å². The van der Waals surface area contributed by atoms with Gasteiger partial charge in [0.15, 0.2) is 0 Å². The zero-order valence-electron chi connectivity index (χ0n) is 17.2. The molecule has 4 nitrogen and oxygen atoms in total. The lowest BCUT2D eigenvalue weighted by Gasteiger charge is -2.28. The van der Waals surface area contributed by atoms with Crippen LogP contribution in [0, 0.1) is 23.2 Å². The first-order valence-corrected chi connectivity index (χ1v) is 11.1. The maximum absolute atomic E-state index is 9.49. The van der Waals surface area contributed by atoms with E-state index in [1.807, 2.05) is 24.3 Å². The van der Waals surface area contributed by atoms with Crippen molar-refractivity contribution in [1.29, 1.82) is 5.26 Å². The fourth-order valence-electron chi connectivity index (χ4n) is 4.65.